The average molecular weight is 231 g/mol. The maximum Gasteiger partial charge on any atom is 0.0750 e. The van der Waals surface area contributed by atoms with E-state index in [0.29, 0.717) is 11.8 Å². The van der Waals surface area contributed by atoms with Gasteiger partial charge in [-0.3, -0.25) is 0 Å². The maximum atomic E-state index is 9.97. The summed E-state index contributed by atoms with van der Waals surface area (Å²) in [6.07, 6.45) is 6.71. The van der Waals surface area contributed by atoms with Crippen molar-refractivity contribution in [2.75, 3.05) is 0 Å². The summed E-state index contributed by atoms with van der Waals surface area (Å²) in [4.78, 5) is 0. The molecule has 1 saturated carbocycles. The molecule has 12 heavy (non-hydrogen) atoms. The van der Waals surface area contributed by atoms with Crippen LogP contribution in [0, 0.1) is 11.8 Å². The highest BCUT2D eigenvalue weighted by molar-refractivity contribution is 9.10. The van der Waals surface area contributed by atoms with E-state index in [1.165, 1.54) is 0 Å². The van der Waals surface area contributed by atoms with Crippen LogP contribution < -0.4 is 0 Å². The van der Waals surface area contributed by atoms with E-state index in [1.807, 2.05) is 13.8 Å². The van der Waals surface area contributed by atoms with Gasteiger partial charge in [-0.15, -0.1) is 0 Å². The summed E-state index contributed by atoms with van der Waals surface area (Å²) >= 11 is 3.71. The second kappa shape index (κ2) is 2.36. The van der Waals surface area contributed by atoms with Crippen molar-refractivity contribution in [1.82, 2.24) is 0 Å². The van der Waals surface area contributed by atoms with Gasteiger partial charge in [-0.2, -0.15) is 0 Å². The Bertz CT molecular complexity index is 212. The Labute approximate surface area is 82.0 Å². The minimum Gasteiger partial charge on any atom is -0.389 e. The van der Waals surface area contributed by atoms with Crippen molar-refractivity contribution in [3.63, 3.8) is 0 Å². The van der Waals surface area contributed by atoms with Crippen molar-refractivity contribution in [1.29, 1.82) is 0 Å². The monoisotopic (exact) mass is 230 g/mol. The molecular formula is C10H15BrO. The van der Waals surface area contributed by atoms with E-state index in [0.717, 1.165) is 12.8 Å². The van der Waals surface area contributed by atoms with E-state index in [1.54, 1.807) is 0 Å². The molecule has 0 aliphatic heterocycles. The van der Waals surface area contributed by atoms with Crippen LogP contribution in [0.4, 0.5) is 0 Å². The van der Waals surface area contributed by atoms with Crippen LogP contribution in [0.25, 0.3) is 0 Å². The minimum atomic E-state index is -0.589. The summed E-state index contributed by atoms with van der Waals surface area (Å²) in [5.41, 5.74) is -0.589. The van der Waals surface area contributed by atoms with Gasteiger partial charge in [0.25, 0.3) is 0 Å². The molecule has 68 valence electrons. The standard InChI is InChI=1S/C10H15BrO/c1-9(2,12)10(11)7-5-3-4-6-8(7)10/h3-4,7-8,12H,5-6H2,1-2H3/t7-,8-/m0/s1. The third-order valence-corrected chi connectivity index (χ3v) is 5.49. The number of hydrogen-bond acceptors (Lipinski definition) is 1. The first-order valence-electron chi connectivity index (χ1n) is 4.54. The third kappa shape index (κ3) is 0.942. The lowest BCUT2D eigenvalue weighted by molar-refractivity contribution is 0.0639. The molecule has 2 heteroatoms. The van der Waals surface area contributed by atoms with Gasteiger partial charge in [0.1, 0.15) is 0 Å². The number of hydrogen-bond donors (Lipinski definition) is 1. The van der Waals surface area contributed by atoms with E-state index < -0.39 is 5.60 Å². The Morgan fingerprint density at radius 3 is 2.08 bits per heavy atom. The lowest BCUT2D eigenvalue weighted by Gasteiger charge is -2.25. The molecule has 1 fully saturated rings. The molecule has 0 radical (unpaired) electrons. The molecule has 0 amide bonds. The number of fused-ring (bicyclic) bond motifs is 1. The number of halogens is 1. The Balaban J connectivity index is 2.19. The first kappa shape index (κ1) is 8.76. The first-order chi connectivity index (χ1) is 5.48. The SMILES string of the molecule is CC(C)(O)C1(Br)[C@H]2CC=CC[C@@H]21. The molecule has 2 aliphatic carbocycles. The fourth-order valence-corrected chi connectivity index (χ4v) is 3.44. The molecule has 0 heterocycles. The Kier molecular flexibility index (Phi) is 1.72. The Morgan fingerprint density at radius 2 is 1.75 bits per heavy atom. The van der Waals surface area contributed by atoms with E-state index >= 15 is 0 Å². The molecule has 0 aromatic rings. The fraction of sp³-hybridized carbons (Fsp3) is 0.800. The van der Waals surface area contributed by atoms with Gasteiger partial charge in [-0.05, 0) is 38.5 Å². The molecule has 2 atom stereocenters. The van der Waals surface area contributed by atoms with Crippen molar-refractivity contribution < 1.29 is 5.11 Å². The molecule has 0 aromatic carbocycles. The van der Waals surface area contributed by atoms with Crippen LogP contribution in [0.5, 0.6) is 0 Å². The zero-order valence-electron chi connectivity index (χ0n) is 7.55. The van der Waals surface area contributed by atoms with Crippen LogP contribution in [0.15, 0.2) is 12.2 Å². The van der Waals surface area contributed by atoms with Gasteiger partial charge in [0, 0.05) is 0 Å². The van der Waals surface area contributed by atoms with Gasteiger partial charge < -0.3 is 5.11 Å². The largest absolute Gasteiger partial charge is 0.389 e. The second-order valence-electron chi connectivity index (χ2n) is 4.48. The van der Waals surface area contributed by atoms with Crippen LogP contribution >= 0.6 is 15.9 Å². The van der Waals surface area contributed by atoms with Gasteiger partial charge in [-0.1, -0.05) is 28.1 Å². The van der Waals surface area contributed by atoms with Crippen LogP contribution in [0.3, 0.4) is 0 Å². The summed E-state index contributed by atoms with van der Waals surface area (Å²) in [7, 11) is 0. The summed E-state index contributed by atoms with van der Waals surface area (Å²) in [5, 5.41) is 9.97. The quantitative estimate of drug-likeness (QED) is 0.543. The van der Waals surface area contributed by atoms with E-state index in [2.05, 4.69) is 28.1 Å². The molecule has 0 bridgehead atoms. The molecule has 1 N–H and O–H groups in total. The number of allylic oxidation sites excluding steroid dienone is 2. The summed E-state index contributed by atoms with van der Waals surface area (Å²) < 4.78 is -0.0104. The predicted octanol–water partition coefficient (Wildman–Crippen LogP) is 2.49. The third-order valence-electron chi connectivity index (χ3n) is 3.34. The highest BCUT2D eigenvalue weighted by Crippen LogP contribution is 2.67. The normalized spacial score (nSPS) is 45.7. The molecular weight excluding hydrogens is 216 g/mol. The van der Waals surface area contributed by atoms with E-state index in [-0.39, 0.29) is 4.32 Å². The number of alkyl halides is 1. The summed E-state index contributed by atoms with van der Waals surface area (Å²) in [5.74, 6) is 1.31. The molecule has 2 rings (SSSR count). The fourth-order valence-electron chi connectivity index (χ4n) is 2.56. The highest BCUT2D eigenvalue weighted by Gasteiger charge is 2.68. The van der Waals surface area contributed by atoms with Gasteiger partial charge in [0.05, 0.1) is 9.93 Å². The van der Waals surface area contributed by atoms with Crippen LogP contribution in [-0.4, -0.2) is 15.0 Å². The Morgan fingerprint density at radius 1 is 1.33 bits per heavy atom. The number of rotatable bonds is 1. The van der Waals surface area contributed by atoms with Gasteiger partial charge in [0.15, 0.2) is 0 Å². The smallest absolute Gasteiger partial charge is 0.0750 e. The van der Waals surface area contributed by atoms with Crippen molar-refractivity contribution in [3.8, 4) is 0 Å². The van der Waals surface area contributed by atoms with Gasteiger partial charge in [0.2, 0.25) is 0 Å². The van der Waals surface area contributed by atoms with E-state index in [9.17, 15) is 5.11 Å². The topological polar surface area (TPSA) is 20.2 Å². The summed E-state index contributed by atoms with van der Waals surface area (Å²) in [6.45, 7) is 3.81. The lowest BCUT2D eigenvalue weighted by Crippen LogP contribution is -2.36. The molecule has 2 aliphatic rings. The van der Waals surface area contributed by atoms with Crippen LogP contribution in [-0.2, 0) is 0 Å². The lowest BCUT2D eigenvalue weighted by atomic mass is 10.00. The molecule has 0 spiro atoms. The van der Waals surface area contributed by atoms with Crippen molar-refractivity contribution in [2.45, 2.75) is 36.6 Å². The highest BCUT2D eigenvalue weighted by atomic mass is 79.9. The minimum absolute atomic E-state index is 0.0104. The van der Waals surface area contributed by atoms with Crippen LogP contribution in [0.2, 0.25) is 0 Å². The van der Waals surface area contributed by atoms with Crippen LogP contribution in [0.1, 0.15) is 26.7 Å². The van der Waals surface area contributed by atoms with Crippen molar-refractivity contribution in [2.24, 2.45) is 11.8 Å². The zero-order valence-corrected chi connectivity index (χ0v) is 9.13. The van der Waals surface area contributed by atoms with E-state index in [4.69, 9.17) is 0 Å². The maximum absolute atomic E-state index is 9.97. The zero-order chi connectivity index (χ0) is 8.98. The Hall–Kier alpha value is 0.180. The van der Waals surface area contributed by atoms with Crippen molar-refractivity contribution in [3.05, 3.63) is 12.2 Å². The van der Waals surface area contributed by atoms with Crippen molar-refractivity contribution >= 4 is 15.9 Å². The molecule has 0 saturated heterocycles. The molecule has 0 aromatic heterocycles. The predicted molar refractivity (Wildman–Crippen MR) is 53.3 cm³/mol. The first-order valence-corrected chi connectivity index (χ1v) is 5.33. The second-order valence-corrected chi connectivity index (χ2v) is 5.80. The van der Waals surface area contributed by atoms with Gasteiger partial charge >= 0.3 is 0 Å². The number of aliphatic hydroxyl groups is 1. The summed E-state index contributed by atoms with van der Waals surface area (Å²) in [6, 6.07) is 0. The molecule has 0 unspecified atom stereocenters. The molecule has 1 nitrogen and oxygen atoms in total. The average Bonchev–Trinajstić information content (AvgIpc) is 2.59. The van der Waals surface area contributed by atoms with Gasteiger partial charge in [-0.25, -0.2) is 0 Å².